The van der Waals surface area contributed by atoms with Gasteiger partial charge in [0.05, 0.1) is 24.2 Å². The van der Waals surface area contributed by atoms with Crippen molar-refractivity contribution in [3.05, 3.63) is 71.2 Å². The topological polar surface area (TPSA) is 70.4 Å². The number of fused-ring (bicyclic) bond motifs is 1. The van der Waals surface area contributed by atoms with Gasteiger partial charge in [0.15, 0.2) is 0 Å². The van der Waals surface area contributed by atoms with Crippen molar-refractivity contribution in [1.82, 2.24) is 14.7 Å². The molecule has 6 nitrogen and oxygen atoms in total. The number of nitrogens with zero attached hydrogens (tertiary/aromatic N) is 3. The largest absolute Gasteiger partial charge is 0.394 e. The van der Waals surface area contributed by atoms with Gasteiger partial charge in [-0.2, -0.15) is 5.10 Å². The van der Waals surface area contributed by atoms with Crippen LogP contribution in [0.15, 0.2) is 43.0 Å². The highest BCUT2D eigenvalue weighted by molar-refractivity contribution is 5.88. The van der Waals surface area contributed by atoms with E-state index < -0.39 is 5.54 Å². The highest BCUT2D eigenvalue weighted by atomic mass is 19.1. The Morgan fingerprint density at radius 1 is 1.31 bits per heavy atom. The van der Waals surface area contributed by atoms with Gasteiger partial charge in [-0.05, 0) is 68.7 Å². The normalized spacial score (nSPS) is 18.3. The standard InChI is InChI=1S/C25H29FN4O2/c1-5-23(32)29-11-10-25(15-29,24-17(3)16(2)6-9-21(24)26)27-19-7-8-20-18(4)30(12-13-31)28-22(20)14-19/h5-9,14,27,31H,1,10-13,15H2,2-4H3/t25-/m0/s1. The van der Waals surface area contributed by atoms with E-state index in [9.17, 15) is 9.90 Å². The van der Waals surface area contributed by atoms with Crippen LogP contribution in [-0.2, 0) is 16.9 Å². The zero-order valence-corrected chi connectivity index (χ0v) is 18.8. The van der Waals surface area contributed by atoms with Gasteiger partial charge in [0.1, 0.15) is 5.82 Å². The van der Waals surface area contributed by atoms with Crippen molar-refractivity contribution in [1.29, 1.82) is 0 Å². The Morgan fingerprint density at radius 2 is 2.09 bits per heavy atom. The average Bonchev–Trinajstić information content (AvgIpc) is 3.33. The van der Waals surface area contributed by atoms with Crippen molar-refractivity contribution in [3.8, 4) is 0 Å². The Hall–Kier alpha value is -3.19. The van der Waals surface area contributed by atoms with Crippen molar-refractivity contribution >= 4 is 22.5 Å². The number of carbonyl (C=O) groups excluding carboxylic acids is 1. The Labute approximate surface area is 187 Å². The fourth-order valence-electron chi connectivity index (χ4n) is 4.80. The second-order valence-corrected chi connectivity index (χ2v) is 8.55. The summed E-state index contributed by atoms with van der Waals surface area (Å²) in [6.07, 6.45) is 1.88. The van der Waals surface area contributed by atoms with Crippen LogP contribution in [0.2, 0.25) is 0 Å². The Kier molecular flexibility index (Phi) is 5.77. The number of halogens is 1. The van der Waals surface area contributed by atoms with Crippen molar-refractivity contribution in [3.63, 3.8) is 0 Å². The van der Waals surface area contributed by atoms with Gasteiger partial charge in [-0.15, -0.1) is 0 Å². The molecule has 0 bridgehead atoms. The van der Waals surface area contributed by atoms with Crippen LogP contribution < -0.4 is 5.32 Å². The van der Waals surface area contributed by atoms with Gasteiger partial charge in [-0.25, -0.2) is 4.39 Å². The third-order valence-electron chi connectivity index (χ3n) is 6.62. The second-order valence-electron chi connectivity index (χ2n) is 8.55. The molecule has 0 radical (unpaired) electrons. The molecule has 1 aliphatic rings. The molecule has 7 heteroatoms. The van der Waals surface area contributed by atoms with Gasteiger partial charge in [0.2, 0.25) is 5.91 Å². The monoisotopic (exact) mass is 436 g/mol. The maximum absolute atomic E-state index is 15.2. The SMILES string of the molecule is C=CC(=O)N1CC[C@@](Nc2ccc3c(C)n(CCO)nc3c2)(c2c(F)ccc(C)c2C)C1. The summed E-state index contributed by atoms with van der Waals surface area (Å²) in [7, 11) is 0. The summed E-state index contributed by atoms with van der Waals surface area (Å²) in [4.78, 5) is 14.1. The molecule has 1 aliphatic heterocycles. The van der Waals surface area contributed by atoms with Gasteiger partial charge < -0.3 is 15.3 Å². The summed E-state index contributed by atoms with van der Waals surface area (Å²) in [6, 6.07) is 9.18. The average molecular weight is 437 g/mol. The highest BCUT2D eigenvalue weighted by Gasteiger charge is 2.44. The number of nitrogens with one attached hydrogen (secondary N) is 1. The molecule has 1 fully saturated rings. The molecule has 0 saturated carbocycles. The Bertz CT molecular complexity index is 1200. The van der Waals surface area contributed by atoms with Crippen molar-refractivity contribution < 1.29 is 14.3 Å². The molecule has 1 aromatic heterocycles. The van der Waals surface area contributed by atoms with Crippen molar-refractivity contribution in [2.75, 3.05) is 25.0 Å². The van der Waals surface area contributed by atoms with Crippen LogP contribution in [0.4, 0.5) is 10.1 Å². The van der Waals surface area contributed by atoms with Crippen LogP contribution in [0.3, 0.4) is 0 Å². The third kappa shape index (κ3) is 3.66. The van der Waals surface area contributed by atoms with E-state index in [2.05, 4.69) is 17.0 Å². The van der Waals surface area contributed by atoms with Crippen molar-refractivity contribution in [2.24, 2.45) is 0 Å². The predicted molar refractivity (Wildman–Crippen MR) is 124 cm³/mol. The second kappa shape index (κ2) is 8.39. The van der Waals surface area contributed by atoms with E-state index in [1.807, 2.05) is 39.0 Å². The zero-order valence-electron chi connectivity index (χ0n) is 18.8. The molecule has 0 spiro atoms. The molecule has 168 valence electrons. The van der Waals surface area contributed by atoms with E-state index in [4.69, 9.17) is 0 Å². The van der Waals surface area contributed by atoms with Crippen LogP contribution in [0, 0.1) is 26.6 Å². The van der Waals surface area contributed by atoms with Gasteiger partial charge in [-0.1, -0.05) is 12.6 Å². The fraction of sp³-hybridized carbons (Fsp3) is 0.360. The first-order valence-electron chi connectivity index (χ1n) is 10.8. The number of aliphatic hydroxyl groups is 1. The minimum atomic E-state index is -0.769. The lowest BCUT2D eigenvalue weighted by molar-refractivity contribution is -0.125. The van der Waals surface area contributed by atoms with Crippen LogP contribution in [-0.4, -0.2) is 45.4 Å². The lowest BCUT2D eigenvalue weighted by Gasteiger charge is -2.34. The molecule has 4 rings (SSSR count). The molecular formula is C25H29FN4O2. The van der Waals surface area contributed by atoms with Crippen LogP contribution in [0.25, 0.3) is 10.9 Å². The molecule has 2 heterocycles. The molecule has 32 heavy (non-hydrogen) atoms. The number of aryl methyl sites for hydroxylation is 2. The van der Waals surface area contributed by atoms with Gasteiger partial charge in [0.25, 0.3) is 0 Å². The first-order valence-corrected chi connectivity index (χ1v) is 10.8. The van der Waals surface area contributed by atoms with E-state index in [1.54, 1.807) is 15.6 Å². The zero-order chi connectivity index (χ0) is 23.0. The highest BCUT2D eigenvalue weighted by Crippen LogP contribution is 2.40. The minimum absolute atomic E-state index is 0.0160. The van der Waals surface area contributed by atoms with E-state index in [0.29, 0.717) is 31.6 Å². The van der Waals surface area contributed by atoms with Gasteiger partial charge >= 0.3 is 0 Å². The third-order valence-corrected chi connectivity index (χ3v) is 6.62. The summed E-state index contributed by atoms with van der Waals surface area (Å²) < 4.78 is 17.0. The fourth-order valence-corrected chi connectivity index (χ4v) is 4.80. The molecule has 2 aromatic carbocycles. The number of hydrogen-bond donors (Lipinski definition) is 2. The molecule has 0 aliphatic carbocycles. The number of hydrogen-bond acceptors (Lipinski definition) is 4. The smallest absolute Gasteiger partial charge is 0.246 e. The predicted octanol–water partition coefficient (Wildman–Crippen LogP) is 3.82. The molecule has 3 aromatic rings. The first kappa shape index (κ1) is 22.0. The van der Waals surface area contributed by atoms with Crippen molar-refractivity contribution in [2.45, 2.75) is 39.3 Å². The summed E-state index contributed by atoms with van der Waals surface area (Å²) in [5.41, 5.74) is 4.31. The lowest BCUT2D eigenvalue weighted by Crippen LogP contribution is -2.41. The maximum Gasteiger partial charge on any atom is 0.246 e. The van der Waals surface area contributed by atoms with Crippen LogP contribution in [0.1, 0.15) is 28.8 Å². The minimum Gasteiger partial charge on any atom is -0.394 e. The molecule has 2 N–H and O–H groups in total. The molecule has 0 unspecified atom stereocenters. The quantitative estimate of drug-likeness (QED) is 0.577. The Balaban J connectivity index is 1.79. The molecule has 1 amide bonds. The number of carbonyl (C=O) groups is 1. The summed E-state index contributed by atoms with van der Waals surface area (Å²) in [5, 5.41) is 18.5. The summed E-state index contributed by atoms with van der Waals surface area (Å²) >= 11 is 0. The molecular weight excluding hydrogens is 407 g/mol. The number of likely N-dealkylation sites (tertiary alicyclic amines) is 1. The molecule has 1 atom stereocenters. The van der Waals surface area contributed by atoms with Gasteiger partial charge in [-0.3, -0.25) is 9.48 Å². The maximum atomic E-state index is 15.2. The lowest BCUT2D eigenvalue weighted by atomic mass is 9.83. The summed E-state index contributed by atoms with van der Waals surface area (Å²) in [6.45, 7) is 10.8. The number of rotatable bonds is 6. The number of aromatic nitrogens is 2. The summed E-state index contributed by atoms with van der Waals surface area (Å²) in [5.74, 6) is -0.439. The van der Waals surface area contributed by atoms with E-state index in [0.717, 1.165) is 33.4 Å². The number of amides is 1. The van der Waals surface area contributed by atoms with Crippen LogP contribution in [0.5, 0.6) is 0 Å². The van der Waals surface area contributed by atoms with E-state index in [1.165, 1.54) is 12.1 Å². The van der Waals surface area contributed by atoms with E-state index >= 15 is 4.39 Å². The van der Waals surface area contributed by atoms with Crippen LogP contribution >= 0.6 is 0 Å². The Morgan fingerprint density at radius 3 is 2.81 bits per heavy atom. The first-order chi connectivity index (χ1) is 15.3. The number of benzene rings is 2. The van der Waals surface area contributed by atoms with Gasteiger partial charge in [0, 0.05) is 35.4 Å². The number of anilines is 1. The van der Waals surface area contributed by atoms with E-state index in [-0.39, 0.29) is 18.3 Å². The number of aliphatic hydroxyl groups excluding tert-OH is 1. The molecule has 1 saturated heterocycles.